The fraction of sp³-hybridized carbons (Fsp3) is 0.538. The smallest absolute Gasteiger partial charge is 0.243 e. The van der Waals surface area contributed by atoms with E-state index in [9.17, 15) is 8.42 Å². The summed E-state index contributed by atoms with van der Waals surface area (Å²) < 4.78 is 31.6. The quantitative estimate of drug-likeness (QED) is 0.845. The second-order valence-electron chi connectivity index (χ2n) is 4.60. The molecule has 0 spiro atoms. The molecule has 18 heavy (non-hydrogen) atoms. The van der Waals surface area contributed by atoms with Crippen molar-refractivity contribution >= 4 is 10.0 Å². The molecule has 0 saturated carbocycles. The Morgan fingerprint density at radius 2 is 1.83 bits per heavy atom. The average molecular weight is 269 g/mol. The maximum atomic E-state index is 12.4. The summed E-state index contributed by atoms with van der Waals surface area (Å²) in [6, 6.07) is 5.02. The Bertz CT molecular complexity index is 519. The first-order valence-corrected chi connectivity index (χ1v) is 7.64. The Kier molecular flexibility index (Phi) is 3.92. The largest absolute Gasteiger partial charge is 0.496 e. The van der Waals surface area contributed by atoms with Gasteiger partial charge in [-0.1, -0.05) is 6.42 Å². The van der Waals surface area contributed by atoms with Crippen molar-refractivity contribution in [3.63, 3.8) is 0 Å². The van der Waals surface area contributed by atoms with E-state index in [1.807, 2.05) is 6.92 Å². The minimum Gasteiger partial charge on any atom is -0.496 e. The van der Waals surface area contributed by atoms with Gasteiger partial charge < -0.3 is 4.74 Å². The Morgan fingerprint density at radius 3 is 2.39 bits per heavy atom. The SMILES string of the molecule is COc1ccc(S(=O)(=O)N2CCCCC2)cc1C. The lowest BCUT2D eigenvalue weighted by atomic mass is 10.2. The number of hydrogen-bond donors (Lipinski definition) is 0. The molecule has 0 N–H and O–H groups in total. The van der Waals surface area contributed by atoms with Gasteiger partial charge in [0.05, 0.1) is 12.0 Å². The van der Waals surface area contributed by atoms with Crippen molar-refractivity contribution in [3.05, 3.63) is 23.8 Å². The van der Waals surface area contributed by atoms with Gasteiger partial charge in [0.15, 0.2) is 0 Å². The summed E-state index contributed by atoms with van der Waals surface area (Å²) in [6.07, 6.45) is 3.02. The van der Waals surface area contributed by atoms with E-state index in [1.54, 1.807) is 29.6 Å². The van der Waals surface area contributed by atoms with Gasteiger partial charge in [0, 0.05) is 13.1 Å². The number of aryl methyl sites for hydroxylation is 1. The van der Waals surface area contributed by atoms with Crippen LogP contribution in [-0.4, -0.2) is 32.9 Å². The molecule has 1 aliphatic heterocycles. The van der Waals surface area contributed by atoms with Crippen LogP contribution in [0.3, 0.4) is 0 Å². The highest BCUT2D eigenvalue weighted by Crippen LogP contribution is 2.25. The zero-order valence-corrected chi connectivity index (χ0v) is 11.7. The van der Waals surface area contributed by atoms with Crippen LogP contribution in [0.2, 0.25) is 0 Å². The molecule has 1 aromatic rings. The number of piperidine rings is 1. The summed E-state index contributed by atoms with van der Waals surface area (Å²) in [5, 5.41) is 0. The van der Waals surface area contributed by atoms with Crippen LogP contribution in [0.5, 0.6) is 5.75 Å². The maximum absolute atomic E-state index is 12.4. The van der Waals surface area contributed by atoms with Gasteiger partial charge in [-0.25, -0.2) is 8.42 Å². The Hall–Kier alpha value is -1.07. The van der Waals surface area contributed by atoms with Gasteiger partial charge in [-0.15, -0.1) is 0 Å². The first-order chi connectivity index (χ1) is 8.55. The second kappa shape index (κ2) is 5.28. The van der Waals surface area contributed by atoms with Crippen LogP contribution in [0.25, 0.3) is 0 Å². The Labute approximate surface area is 109 Å². The molecule has 0 unspecified atom stereocenters. The third kappa shape index (κ3) is 2.52. The number of hydrogen-bond acceptors (Lipinski definition) is 3. The molecule has 1 aliphatic rings. The van der Waals surface area contributed by atoms with Crippen LogP contribution in [0.4, 0.5) is 0 Å². The van der Waals surface area contributed by atoms with Crippen molar-refractivity contribution in [3.8, 4) is 5.75 Å². The van der Waals surface area contributed by atoms with Gasteiger partial charge in [-0.2, -0.15) is 4.31 Å². The molecule has 0 bridgehead atoms. The normalized spacial score (nSPS) is 17.7. The molecule has 1 heterocycles. The summed E-state index contributed by atoms with van der Waals surface area (Å²) in [7, 11) is -1.75. The molecule has 0 atom stereocenters. The van der Waals surface area contributed by atoms with E-state index in [2.05, 4.69) is 0 Å². The van der Waals surface area contributed by atoms with Gasteiger partial charge in [-0.05, 0) is 43.5 Å². The number of rotatable bonds is 3. The fourth-order valence-electron chi connectivity index (χ4n) is 2.27. The van der Waals surface area contributed by atoms with Crippen LogP contribution >= 0.6 is 0 Å². The van der Waals surface area contributed by atoms with Crippen LogP contribution in [0.15, 0.2) is 23.1 Å². The Balaban J connectivity index is 2.32. The molecule has 1 fully saturated rings. The van der Waals surface area contributed by atoms with E-state index in [0.29, 0.717) is 23.7 Å². The molecule has 4 nitrogen and oxygen atoms in total. The van der Waals surface area contributed by atoms with E-state index < -0.39 is 10.0 Å². The summed E-state index contributed by atoms with van der Waals surface area (Å²) in [4.78, 5) is 0.364. The predicted octanol–water partition coefficient (Wildman–Crippen LogP) is 2.18. The highest BCUT2D eigenvalue weighted by atomic mass is 32.2. The molecule has 0 amide bonds. The summed E-state index contributed by atoms with van der Waals surface area (Å²) in [5.41, 5.74) is 0.843. The highest BCUT2D eigenvalue weighted by molar-refractivity contribution is 7.89. The van der Waals surface area contributed by atoms with Crippen molar-refractivity contribution in [2.75, 3.05) is 20.2 Å². The van der Waals surface area contributed by atoms with Gasteiger partial charge >= 0.3 is 0 Å². The van der Waals surface area contributed by atoms with Gasteiger partial charge in [0.25, 0.3) is 0 Å². The first-order valence-electron chi connectivity index (χ1n) is 6.20. The third-order valence-electron chi connectivity index (χ3n) is 3.32. The molecule has 2 rings (SSSR count). The zero-order chi connectivity index (χ0) is 13.2. The van der Waals surface area contributed by atoms with Crippen molar-refractivity contribution < 1.29 is 13.2 Å². The molecular weight excluding hydrogens is 250 g/mol. The van der Waals surface area contributed by atoms with Crippen LogP contribution < -0.4 is 4.74 Å². The molecule has 0 aliphatic carbocycles. The minimum absolute atomic E-state index is 0.364. The van der Waals surface area contributed by atoms with E-state index in [0.717, 1.165) is 24.8 Å². The molecule has 1 aromatic carbocycles. The van der Waals surface area contributed by atoms with E-state index in [-0.39, 0.29) is 0 Å². The number of nitrogens with zero attached hydrogens (tertiary/aromatic N) is 1. The van der Waals surface area contributed by atoms with Crippen molar-refractivity contribution in [2.45, 2.75) is 31.1 Å². The molecule has 1 saturated heterocycles. The Morgan fingerprint density at radius 1 is 1.17 bits per heavy atom. The van der Waals surface area contributed by atoms with Gasteiger partial charge in [0.2, 0.25) is 10.0 Å². The van der Waals surface area contributed by atoms with Crippen molar-refractivity contribution in [1.82, 2.24) is 4.31 Å². The first kappa shape index (κ1) is 13.4. The summed E-state index contributed by atoms with van der Waals surface area (Å²) in [5.74, 6) is 0.715. The third-order valence-corrected chi connectivity index (χ3v) is 5.21. The van der Waals surface area contributed by atoms with Crippen molar-refractivity contribution in [1.29, 1.82) is 0 Å². The topological polar surface area (TPSA) is 46.6 Å². The number of benzene rings is 1. The molecule has 100 valence electrons. The minimum atomic E-state index is -3.33. The predicted molar refractivity (Wildman–Crippen MR) is 70.3 cm³/mol. The lowest BCUT2D eigenvalue weighted by Gasteiger charge is -2.26. The lowest BCUT2D eigenvalue weighted by Crippen LogP contribution is -2.35. The van der Waals surface area contributed by atoms with E-state index in [4.69, 9.17) is 4.74 Å². The second-order valence-corrected chi connectivity index (χ2v) is 6.53. The van der Waals surface area contributed by atoms with Crippen LogP contribution in [0, 0.1) is 6.92 Å². The van der Waals surface area contributed by atoms with Gasteiger partial charge in [-0.3, -0.25) is 0 Å². The number of sulfonamides is 1. The molecule has 0 radical (unpaired) electrons. The average Bonchev–Trinajstić information content (AvgIpc) is 2.39. The van der Waals surface area contributed by atoms with E-state index >= 15 is 0 Å². The monoisotopic (exact) mass is 269 g/mol. The van der Waals surface area contributed by atoms with E-state index in [1.165, 1.54) is 0 Å². The summed E-state index contributed by atoms with van der Waals surface area (Å²) in [6.45, 7) is 3.12. The fourth-order valence-corrected chi connectivity index (χ4v) is 3.87. The highest BCUT2D eigenvalue weighted by Gasteiger charge is 2.26. The van der Waals surface area contributed by atoms with Gasteiger partial charge in [0.1, 0.15) is 5.75 Å². The van der Waals surface area contributed by atoms with Crippen LogP contribution in [-0.2, 0) is 10.0 Å². The number of methoxy groups -OCH3 is 1. The molecule has 5 heteroatoms. The standard InChI is InChI=1S/C13H19NO3S/c1-11-10-12(6-7-13(11)17-2)18(15,16)14-8-4-3-5-9-14/h6-7,10H,3-5,8-9H2,1-2H3. The zero-order valence-electron chi connectivity index (χ0n) is 10.8. The maximum Gasteiger partial charge on any atom is 0.243 e. The number of ether oxygens (including phenoxy) is 1. The lowest BCUT2D eigenvalue weighted by molar-refractivity contribution is 0.346. The molecular formula is C13H19NO3S. The van der Waals surface area contributed by atoms with Crippen molar-refractivity contribution in [2.24, 2.45) is 0 Å². The summed E-state index contributed by atoms with van der Waals surface area (Å²) >= 11 is 0. The van der Waals surface area contributed by atoms with Crippen LogP contribution in [0.1, 0.15) is 24.8 Å². The molecule has 0 aromatic heterocycles.